The molecule has 0 saturated carbocycles. The van der Waals surface area contributed by atoms with Crippen LogP contribution in [-0.4, -0.2) is 22.0 Å². The Hall–Kier alpha value is -3.13. The van der Waals surface area contributed by atoms with Gasteiger partial charge in [-0.25, -0.2) is 4.39 Å². The van der Waals surface area contributed by atoms with Gasteiger partial charge in [-0.3, -0.25) is 9.59 Å². The van der Waals surface area contributed by atoms with Crippen molar-refractivity contribution in [3.8, 4) is 0 Å². The smallest absolute Gasteiger partial charge is 0.286 e. The molecule has 0 fully saturated rings. The second-order valence-electron chi connectivity index (χ2n) is 6.52. The number of aromatic nitrogens is 2. The molecule has 2 amide bonds. The number of aryl methyl sites for hydroxylation is 1. The summed E-state index contributed by atoms with van der Waals surface area (Å²) in [7, 11) is 0. The van der Waals surface area contributed by atoms with Crippen molar-refractivity contribution in [1.82, 2.24) is 15.5 Å². The molecule has 0 aliphatic carbocycles. The van der Waals surface area contributed by atoms with Crippen LogP contribution in [0, 0.1) is 5.82 Å². The predicted octanol–water partition coefficient (Wildman–Crippen LogP) is 4.13. The molecule has 0 saturated heterocycles. The maximum atomic E-state index is 13.2. The minimum atomic E-state index is -0.436. The van der Waals surface area contributed by atoms with Crippen LogP contribution in [0.4, 0.5) is 10.1 Å². The third-order valence-corrected chi connectivity index (χ3v) is 5.20. The fourth-order valence-corrected chi connectivity index (χ4v) is 3.51. The van der Waals surface area contributed by atoms with Crippen LogP contribution in [-0.2, 0) is 11.2 Å². The Kier molecular flexibility index (Phi) is 7.02. The lowest BCUT2D eigenvalue weighted by Crippen LogP contribution is -2.26. The fraction of sp³-hybridized carbons (Fsp3) is 0.238. The van der Waals surface area contributed by atoms with Gasteiger partial charge in [0.25, 0.3) is 5.91 Å². The van der Waals surface area contributed by atoms with Gasteiger partial charge in [-0.2, -0.15) is 0 Å². The Morgan fingerprint density at radius 1 is 1.10 bits per heavy atom. The summed E-state index contributed by atoms with van der Waals surface area (Å²) >= 11 is 1.17. The van der Waals surface area contributed by atoms with Crippen LogP contribution in [0.2, 0.25) is 0 Å². The number of carbonyl (C=O) groups excluding carboxylic acids is 2. The minimum Gasteiger partial charge on any atom is -0.350 e. The highest BCUT2D eigenvalue weighted by atomic mass is 32.1. The molecule has 0 spiro atoms. The van der Waals surface area contributed by atoms with Crippen molar-refractivity contribution in [3.05, 3.63) is 76.0 Å². The SMILES string of the molecule is CC(NC(=O)CCCc1nnc(C(=O)Nc2cccc(F)c2)s1)c1ccccc1. The Morgan fingerprint density at radius 3 is 2.66 bits per heavy atom. The van der Waals surface area contributed by atoms with Gasteiger partial charge in [-0.15, -0.1) is 10.2 Å². The lowest BCUT2D eigenvalue weighted by Gasteiger charge is -2.14. The topological polar surface area (TPSA) is 84.0 Å². The fourth-order valence-electron chi connectivity index (χ4n) is 2.74. The first-order valence-corrected chi connectivity index (χ1v) is 10.1. The summed E-state index contributed by atoms with van der Waals surface area (Å²) in [5.74, 6) is -0.899. The maximum absolute atomic E-state index is 13.2. The summed E-state index contributed by atoms with van der Waals surface area (Å²) in [6, 6.07) is 15.4. The number of nitrogens with zero attached hydrogens (tertiary/aromatic N) is 2. The average molecular weight is 412 g/mol. The highest BCUT2D eigenvalue weighted by Crippen LogP contribution is 2.16. The zero-order valence-corrected chi connectivity index (χ0v) is 16.7. The molecule has 2 N–H and O–H groups in total. The molecule has 8 heteroatoms. The van der Waals surface area contributed by atoms with Crippen molar-refractivity contribution in [2.24, 2.45) is 0 Å². The molecular formula is C21H21FN4O2S. The summed E-state index contributed by atoms with van der Waals surface area (Å²) in [6.07, 6.45) is 1.52. The number of amides is 2. The molecule has 1 unspecified atom stereocenters. The Balaban J connectivity index is 1.44. The Morgan fingerprint density at radius 2 is 1.90 bits per heavy atom. The monoisotopic (exact) mass is 412 g/mol. The molecule has 0 aliphatic rings. The van der Waals surface area contributed by atoms with E-state index < -0.39 is 11.7 Å². The summed E-state index contributed by atoms with van der Waals surface area (Å²) in [5.41, 5.74) is 1.41. The van der Waals surface area contributed by atoms with Gasteiger partial charge < -0.3 is 10.6 Å². The van der Waals surface area contributed by atoms with Gasteiger partial charge >= 0.3 is 0 Å². The molecule has 2 aromatic carbocycles. The van der Waals surface area contributed by atoms with E-state index in [1.54, 1.807) is 6.07 Å². The van der Waals surface area contributed by atoms with E-state index in [1.807, 2.05) is 37.3 Å². The van der Waals surface area contributed by atoms with E-state index >= 15 is 0 Å². The zero-order valence-electron chi connectivity index (χ0n) is 15.9. The van der Waals surface area contributed by atoms with E-state index in [-0.39, 0.29) is 17.0 Å². The Bertz CT molecular complexity index is 978. The Labute approximate surface area is 172 Å². The standard InChI is InChI=1S/C21H21FN4O2S/c1-14(15-7-3-2-4-8-15)23-18(27)11-6-12-19-25-26-21(29-19)20(28)24-17-10-5-9-16(22)13-17/h2-5,7-10,13-14H,6,11-12H2,1H3,(H,23,27)(H,24,28). The zero-order chi connectivity index (χ0) is 20.6. The molecular weight excluding hydrogens is 391 g/mol. The van der Waals surface area contributed by atoms with E-state index in [1.165, 1.54) is 29.5 Å². The van der Waals surface area contributed by atoms with Crippen LogP contribution in [0.3, 0.4) is 0 Å². The van der Waals surface area contributed by atoms with Crippen molar-refractivity contribution >= 4 is 28.8 Å². The average Bonchev–Trinajstić information content (AvgIpc) is 3.18. The number of hydrogen-bond acceptors (Lipinski definition) is 5. The van der Waals surface area contributed by atoms with Crippen molar-refractivity contribution in [2.75, 3.05) is 5.32 Å². The molecule has 1 atom stereocenters. The van der Waals surface area contributed by atoms with E-state index in [0.29, 0.717) is 30.0 Å². The highest BCUT2D eigenvalue weighted by molar-refractivity contribution is 7.13. The van der Waals surface area contributed by atoms with Crippen LogP contribution in [0.15, 0.2) is 54.6 Å². The van der Waals surface area contributed by atoms with Gasteiger partial charge in [0.15, 0.2) is 0 Å². The van der Waals surface area contributed by atoms with E-state index in [2.05, 4.69) is 20.8 Å². The quantitative estimate of drug-likeness (QED) is 0.583. The van der Waals surface area contributed by atoms with Crippen molar-refractivity contribution < 1.29 is 14.0 Å². The number of nitrogens with one attached hydrogen (secondary N) is 2. The second kappa shape index (κ2) is 9.88. The van der Waals surface area contributed by atoms with Crippen LogP contribution < -0.4 is 10.6 Å². The van der Waals surface area contributed by atoms with Crippen molar-refractivity contribution in [2.45, 2.75) is 32.2 Å². The summed E-state index contributed by atoms with van der Waals surface area (Å²) in [4.78, 5) is 24.3. The first-order chi connectivity index (χ1) is 14.0. The molecule has 29 heavy (non-hydrogen) atoms. The molecule has 0 aliphatic heterocycles. The normalized spacial score (nSPS) is 11.7. The van der Waals surface area contributed by atoms with Gasteiger partial charge in [0.2, 0.25) is 10.9 Å². The van der Waals surface area contributed by atoms with Crippen LogP contribution in [0.1, 0.15) is 46.2 Å². The van der Waals surface area contributed by atoms with Crippen LogP contribution in [0.25, 0.3) is 0 Å². The number of rotatable bonds is 8. The van der Waals surface area contributed by atoms with E-state index in [0.717, 1.165) is 5.56 Å². The van der Waals surface area contributed by atoms with Crippen molar-refractivity contribution in [1.29, 1.82) is 0 Å². The number of carbonyl (C=O) groups is 2. The molecule has 150 valence electrons. The van der Waals surface area contributed by atoms with E-state index in [9.17, 15) is 14.0 Å². The largest absolute Gasteiger partial charge is 0.350 e. The minimum absolute atomic E-state index is 0.0325. The van der Waals surface area contributed by atoms with Gasteiger partial charge in [-0.1, -0.05) is 47.7 Å². The number of anilines is 1. The molecule has 0 radical (unpaired) electrons. The number of hydrogen-bond donors (Lipinski definition) is 2. The first kappa shape index (κ1) is 20.6. The second-order valence-corrected chi connectivity index (χ2v) is 7.58. The van der Waals surface area contributed by atoms with Gasteiger partial charge in [-0.05, 0) is 37.1 Å². The molecule has 1 heterocycles. The molecule has 3 rings (SSSR count). The third kappa shape index (κ3) is 6.18. The molecule has 3 aromatic rings. The van der Waals surface area contributed by atoms with Crippen LogP contribution in [0.5, 0.6) is 0 Å². The number of halogens is 1. The summed E-state index contributed by atoms with van der Waals surface area (Å²) in [5, 5.41) is 14.3. The molecule has 6 nitrogen and oxygen atoms in total. The van der Waals surface area contributed by atoms with Gasteiger partial charge in [0, 0.05) is 18.5 Å². The van der Waals surface area contributed by atoms with Gasteiger partial charge in [0.05, 0.1) is 6.04 Å². The summed E-state index contributed by atoms with van der Waals surface area (Å²) in [6.45, 7) is 1.95. The first-order valence-electron chi connectivity index (χ1n) is 9.25. The highest BCUT2D eigenvalue weighted by Gasteiger charge is 2.14. The summed E-state index contributed by atoms with van der Waals surface area (Å²) < 4.78 is 13.2. The lowest BCUT2D eigenvalue weighted by molar-refractivity contribution is -0.121. The van der Waals surface area contributed by atoms with Gasteiger partial charge in [0.1, 0.15) is 10.8 Å². The molecule has 0 bridgehead atoms. The third-order valence-electron chi connectivity index (χ3n) is 4.22. The predicted molar refractivity (Wildman–Crippen MR) is 110 cm³/mol. The van der Waals surface area contributed by atoms with Crippen LogP contribution >= 0.6 is 11.3 Å². The van der Waals surface area contributed by atoms with E-state index in [4.69, 9.17) is 0 Å². The van der Waals surface area contributed by atoms with Crippen molar-refractivity contribution in [3.63, 3.8) is 0 Å². The lowest BCUT2D eigenvalue weighted by atomic mass is 10.1. The number of benzene rings is 2. The maximum Gasteiger partial charge on any atom is 0.286 e. The molecule has 1 aromatic heterocycles.